The fraction of sp³-hybridized carbons (Fsp3) is 0.158. The molecule has 1 nitrogen and oxygen atoms in total. The van der Waals surface area contributed by atoms with Gasteiger partial charge in [0, 0.05) is 12.1 Å². The molecule has 0 bridgehead atoms. The standard InChI is InChI=1S/C19H13F8N/c1-3-8-11(20)15(24)10(16(25)12(8)21)6-5-7-28-19-17(26)13(22)9(4-2)14(23)18(19)27/h3-4,28H,1-2,5-7H2. The third-order valence-electron chi connectivity index (χ3n) is 4.00. The Morgan fingerprint density at radius 1 is 0.607 bits per heavy atom. The Morgan fingerprint density at radius 2 is 1.00 bits per heavy atom. The normalized spacial score (nSPS) is 10.9. The van der Waals surface area contributed by atoms with Crippen LogP contribution in [0.2, 0.25) is 0 Å². The van der Waals surface area contributed by atoms with Crippen LogP contribution >= 0.6 is 0 Å². The van der Waals surface area contributed by atoms with Crippen LogP contribution in [-0.2, 0) is 6.42 Å². The molecule has 2 aromatic rings. The van der Waals surface area contributed by atoms with Crippen molar-refractivity contribution in [2.45, 2.75) is 12.8 Å². The fourth-order valence-electron chi connectivity index (χ4n) is 2.55. The molecule has 0 unspecified atom stereocenters. The van der Waals surface area contributed by atoms with Gasteiger partial charge in [-0.1, -0.05) is 25.3 Å². The summed E-state index contributed by atoms with van der Waals surface area (Å²) >= 11 is 0. The predicted molar refractivity (Wildman–Crippen MR) is 89.5 cm³/mol. The maximum atomic E-state index is 13.9. The minimum atomic E-state index is -1.71. The topological polar surface area (TPSA) is 12.0 Å². The molecule has 2 rings (SSSR count). The van der Waals surface area contributed by atoms with Gasteiger partial charge in [-0.3, -0.25) is 0 Å². The third kappa shape index (κ3) is 3.61. The second-order valence-electron chi connectivity index (χ2n) is 5.63. The molecule has 0 aliphatic carbocycles. The first-order valence-electron chi connectivity index (χ1n) is 7.86. The van der Waals surface area contributed by atoms with Gasteiger partial charge in [0.1, 0.15) is 5.69 Å². The summed E-state index contributed by atoms with van der Waals surface area (Å²) in [5.41, 5.74) is -3.99. The maximum Gasteiger partial charge on any atom is 0.185 e. The van der Waals surface area contributed by atoms with Gasteiger partial charge in [0.2, 0.25) is 0 Å². The lowest BCUT2D eigenvalue weighted by molar-refractivity contribution is 0.435. The number of anilines is 1. The van der Waals surface area contributed by atoms with E-state index in [0.717, 1.165) is 0 Å². The van der Waals surface area contributed by atoms with Gasteiger partial charge in [-0.05, 0) is 12.8 Å². The molecule has 0 aromatic heterocycles. The lowest BCUT2D eigenvalue weighted by Crippen LogP contribution is -2.12. The molecule has 0 aliphatic rings. The Hall–Kier alpha value is -2.84. The van der Waals surface area contributed by atoms with E-state index in [1.54, 1.807) is 0 Å². The molecule has 0 fully saturated rings. The molecule has 0 saturated carbocycles. The van der Waals surface area contributed by atoms with Gasteiger partial charge in [-0.2, -0.15) is 0 Å². The number of rotatable bonds is 7. The zero-order valence-corrected chi connectivity index (χ0v) is 14.2. The first-order chi connectivity index (χ1) is 13.2. The van der Waals surface area contributed by atoms with Gasteiger partial charge in [0.05, 0.1) is 11.1 Å². The van der Waals surface area contributed by atoms with Crippen LogP contribution in [-0.4, -0.2) is 6.54 Å². The van der Waals surface area contributed by atoms with E-state index in [9.17, 15) is 35.1 Å². The Morgan fingerprint density at radius 3 is 1.39 bits per heavy atom. The predicted octanol–water partition coefficient (Wildman–Crippen LogP) is 6.13. The highest BCUT2D eigenvalue weighted by molar-refractivity contribution is 5.57. The Labute approximate surface area is 155 Å². The zero-order valence-electron chi connectivity index (χ0n) is 14.2. The molecular formula is C19H13F8N. The average Bonchev–Trinajstić information content (AvgIpc) is 2.67. The van der Waals surface area contributed by atoms with Crippen molar-refractivity contribution in [3.63, 3.8) is 0 Å². The van der Waals surface area contributed by atoms with E-state index in [1.165, 1.54) is 0 Å². The van der Waals surface area contributed by atoms with Crippen LogP contribution in [0.5, 0.6) is 0 Å². The molecule has 0 heterocycles. The monoisotopic (exact) mass is 407 g/mol. The van der Waals surface area contributed by atoms with E-state index in [0.29, 0.717) is 12.2 Å². The number of hydrogen-bond donors (Lipinski definition) is 1. The van der Waals surface area contributed by atoms with Gasteiger partial charge in [-0.15, -0.1) is 0 Å². The molecule has 0 spiro atoms. The van der Waals surface area contributed by atoms with Crippen LogP contribution < -0.4 is 5.32 Å². The average molecular weight is 407 g/mol. The number of halogens is 8. The summed E-state index contributed by atoms with van der Waals surface area (Å²) in [7, 11) is 0. The molecule has 2 aromatic carbocycles. The number of nitrogens with one attached hydrogen (secondary N) is 1. The molecular weight excluding hydrogens is 394 g/mol. The molecule has 0 saturated heterocycles. The first-order valence-corrected chi connectivity index (χ1v) is 7.86. The number of benzene rings is 2. The molecule has 9 heteroatoms. The van der Waals surface area contributed by atoms with Crippen molar-refractivity contribution in [2.24, 2.45) is 0 Å². The summed E-state index contributed by atoms with van der Waals surface area (Å²) in [6, 6.07) is 0. The van der Waals surface area contributed by atoms with Crippen molar-refractivity contribution < 1.29 is 35.1 Å². The van der Waals surface area contributed by atoms with E-state index < -0.39 is 81.9 Å². The van der Waals surface area contributed by atoms with Gasteiger partial charge < -0.3 is 5.32 Å². The lowest BCUT2D eigenvalue weighted by Gasteiger charge is -2.13. The van der Waals surface area contributed by atoms with Gasteiger partial charge in [0.25, 0.3) is 0 Å². The van der Waals surface area contributed by atoms with Crippen LogP contribution in [0.4, 0.5) is 40.8 Å². The molecule has 150 valence electrons. The highest BCUT2D eigenvalue weighted by Crippen LogP contribution is 2.29. The van der Waals surface area contributed by atoms with Crippen LogP contribution in [0.15, 0.2) is 13.2 Å². The van der Waals surface area contributed by atoms with Gasteiger partial charge >= 0.3 is 0 Å². The summed E-state index contributed by atoms with van der Waals surface area (Å²) in [5.74, 6) is -13.3. The lowest BCUT2D eigenvalue weighted by atomic mass is 10.0. The third-order valence-corrected chi connectivity index (χ3v) is 4.00. The Kier molecular flexibility index (Phi) is 6.48. The second-order valence-corrected chi connectivity index (χ2v) is 5.63. The summed E-state index contributed by atoms with van der Waals surface area (Å²) in [4.78, 5) is 0. The van der Waals surface area contributed by atoms with Crippen LogP contribution in [0, 0.1) is 46.5 Å². The molecule has 1 N–H and O–H groups in total. The summed E-state index contributed by atoms with van der Waals surface area (Å²) in [6.07, 6.45) is 0.381. The smallest absolute Gasteiger partial charge is 0.185 e. The molecule has 28 heavy (non-hydrogen) atoms. The molecule has 0 radical (unpaired) electrons. The summed E-state index contributed by atoms with van der Waals surface area (Å²) in [5, 5.41) is 2.06. The minimum Gasteiger partial charge on any atom is -0.380 e. The summed E-state index contributed by atoms with van der Waals surface area (Å²) < 4.78 is 110. The molecule has 0 amide bonds. The van der Waals surface area contributed by atoms with Crippen molar-refractivity contribution >= 4 is 17.8 Å². The van der Waals surface area contributed by atoms with Gasteiger partial charge in [0.15, 0.2) is 46.5 Å². The van der Waals surface area contributed by atoms with Crippen molar-refractivity contribution in [2.75, 3.05) is 11.9 Å². The second kappa shape index (κ2) is 8.45. The number of hydrogen-bond acceptors (Lipinski definition) is 1. The van der Waals surface area contributed by atoms with E-state index in [4.69, 9.17) is 0 Å². The highest BCUT2D eigenvalue weighted by Gasteiger charge is 2.25. The largest absolute Gasteiger partial charge is 0.380 e. The SMILES string of the molecule is C=Cc1c(F)c(F)c(CCCNc2c(F)c(F)c(C=C)c(F)c2F)c(F)c1F. The van der Waals surface area contributed by atoms with Gasteiger partial charge in [-0.25, -0.2) is 35.1 Å². The first kappa shape index (κ1) is 21.5. The van der Waals surface area contributed by atoms with Crippen molar-refractivity contribution in [3.8, 4) is 0 Å². The minimum absolute atomic E-state index is 0.272. The van der Waals surface area contributed by atoms with E-state index in [-0.39, 0.29) is 6.42 Å². The van der Waals surface area contributed by atoms with E-state index in [1.807, 2.05) is 0 Å². The Bertz CT molecular complexity index is 816. The van der Waals surface area contributed by atoms with Crippen molar-refractivity contribution in [1.82, 2.24) is 0 Å². The molecule has 0 atom stereocenters. The quantitative estimate of drug-likeness (QED) is 0.331. The van der Waals surface area contributed by atoms with Crippen molar-refractivity contribution in [3.05, 3.63) is 76.4 Å². The van der Waals surface area contributed by atoms with E-state index >= 15 is 0 Å². The zero-order chi connectivity index (χ0) is 21.2. The highest BCUT2D eigenvalue weighted by atomic mass is 19.2. The maximum absolute atomic E-state index is 13.9. The fourth-order valence-corrected chi connectivity index (χ4v) is 2.55. The van der Waals surface area contributed by atoms with E-state index in [2.05, 4.69) is 18.5 Å². The Balaban J connectivity index is 2.19. The van der Waals surface area contributed by atoms with Crippen LogP contribution in [0.3, 0.4) is 0 Å². The summed E-state index contributed by atoms with van der Waals surface area (Å²) in [6.45, 7) is 5.69. The van der Waals surface area contributed by atoms with Crippen molar-refractivity contribution in [1.29, 1.82) is 0 Å². The molecule has 0 aliphatic heterocycles. The van der Waals surface area contributed by atoms with Crippen LogP contribution in [0.25, 0.3) is 12.2 Å². The van der Waals surface area contributed by atoms with Crippen LogP contribution in [0.1, 0.15) is 23.1 Å².